The highest BCUT2D eigenvalue weighted by Crippen LogP contribution is 2.30. The van der Waals surface area contributed by atoms with Crippen LogP contribution in [0.2, 0.25) is 0 Å². The molecule has 104 valence electrons. The Morgan fingerprint density at radius 1 is 1.35 bits per heavy atom. The van der Waals surface area contributed by atoms with Crippen LogP contribution in [0.3, 0.4) is 0 Å². The lowest BCUT2D eigenvalue weighted by Gasteiger charge is -2.29. The maximum atomic E-state index is 12.2. The SMILES string of the molecule is O=C1C2CCC(O2)C(=O)N1Cc1sccc1C#CCO. The van der Waals surface area contributed by atoms with Crippen molar-refractivity contribution in [1.82, 2.24) is 4.90 Å². The van der Waals surface area contributed by atoms with Gasteiger partial charge in [-0.05, 0) is 24.3 Å². The molecule has 2 bridgehead atoms. The van der Waals surface area contributed by atoms with Crippen LogP contribution in [0.15, 0.2) is 11.4 Å². The highest BCUT2D eigenvalue weighted by Gasteiger charge is 2.46. The largest absolute Gasteiger partial charge is 0.384 e. The second-order valence-electron chi connectivity index (χ2n) is 4.67. The van der Waals surface area contributed by atoms with Gasteiger partial charge in [-0.15, -0.1) is 11.3 Å². The summed E-state index contributed by atoms with van der Waals surface area (Å²) in [6.07, 6.45) is 0.301. The van der Waals surface area contributed by atoms with Crippen LogP contribution in [0, 0.1) is 11.8 Å². The monoisotopic (exact) mass is 291 g/mol. The van der Waals surface area contributed by atoms with Crippen molar-refractivity contribution in [3.05, 3.63) is 21.9 Å². The summed E-state index contributed by atoms with van der Waals surface area (Å²) in [5.41, 5.74) is 0.753. The zero-order valence-electron chi connectivity index (χ0n) is 10.7. The first-order chi connectivity index (χ1) is 9.70. The van der Waals surface area contributed by atoms with Gasteiger partial charge in [-0.3, -0.25) is 14.5 Å². The lowest BCUT2D eigenvalue weighted by atomic mass is 10.2. The third kappa shape index (κ3) is 2.24. The molecular weight excluding hydrogens is 278 g/mol. The first-order valence-electron chi connectivity index (χ1n) is 6.37. The molecule has 2 unspecified atom stereocenters. The minimum Gasteiger partial charge on any atom is -0.384 e. The van der Waals surface area contributed by atoms with Crippen molar-refractivity contribution in [2.24, 2.45) is 0 Å². The predicted octanol–water partition coefficient (Wildman–Crippen LogP) is 0.508. The van der Waals surface area contributed by atoms with Crippen molar-refractivity contribution in [3.8, 4) is 11.8 Å². The Morgan fingerprint density at radius 2 is 2.05 bits per heavy atom. The summed E-state index contributed by atoms with van der Waals surface area (Å²) in [5, 5.41) is 10.6. The molecule has 0 saturated carbocycles. The van der Waals surface area contributed by atoms with Gasteiger partial charge in [-0.2, -0.15) is 0 Å². The molecule has 1 N–H and O–H groups in total. The Bertz CT molecular complexity index is 590. The second kappa shape index (κ2) is 5.37. The van der Waals surface area contributed by atoms with E-state index >= 15 is 0 Å². The van der Waals surface area contributed by atoms with Gasteiger partial charge in [0.2, 0.25) is 0 Å². The number of aliphatic hydroxyl groups is 1. The van der Waals surface area contributed by atoms with Gasteiger partial charge in [-0.25, -0.2) is 0 Å². The lowest BCUT2D eigenvalue weighted by Crippen LogP contribution is -2.51. The fourth-order valence-electron chi connectivity index (χ4n) is 2.47. The molecule has 0 aliphatic carbocycles. The molecule has 2 amide bonds. The topological polar surface area (TPSA) is 66.8 Å². The molecule has 5 nitrogen and oxygen atoms in total. The van der Waals surface area contributed by atoms with E-state index in [2.05, 4.69) is 11.8 Å². The van der Waals surface area contributed by atoms with Crippen molar-refractivity contribution < 1.29 is 19.4 Å². The molecule has 0 aromatic carbocycles. The quantitative estimate of drug-likeness (QED) is 0.637. The number of amides is 2. The molecule has 0 spiro atoms. The van der Waals surface area contributed by atoms with Gasteiger partial charge in [0.1, 0.15) is 18.8 Å². The average molecular weight is 291 g/mol. The number of likely N-dealkylation sites (tertiary alicyclic amines) is 1. The summed E-state index contributed by atoms with van der Waals surface area (Å²) in [6.45, 7) is 0.0238. The Morgan fingerprint density at radius 3 is 2.70 bits per heavy atom. The minimum absolute atomic E-state index is 0.213. The summed E-state index contributed by atoms with van der Waals surface area (Å²) in [4.78, 5) is 26.4. The fraction of sp³-hybridized carbons (Fsp3) is 0.429. The van der Waals surface area contributed by atoms with E-state index in [4.69, 9.17) is 9.84 Å². The molecule has 1 aromatic rings. The van der Waals surface area contributed by atoms with E-state index in [0.29, 0.717) is 12.8 Å². The van der Waals surface area contributed by atoms with Crippen LogP contribution in [0.5, 0.6) is 0 Å². The summed E-state index contributed by atoms with van der Waals surface area (Å²) in [7, 11) is 0. The van der Waals surface area contributed by atoms with Gasteiger partial charge >= 0.3 is 0 Å². The summed E-state index contributed by atoms with van der Waals surface area (Å²) < 4.78 is 5.37. The number of hydrogen-bond acceptors (Lipinski definition) is 5. The van der Waals surface area contributed by atoms with Crippen molar-refractivity contribution >= 4 is 23.2 Å². The van der Waals surface area contributed by atoms with E-state index < -0.39 is 12.2 Å². The number of hydrogen-bond donors (Lipinski definition) is 1. The van der Waals surface area contributed by atoms with Crippen LogP contribution in [0.25, 0.3) is 0 Å². The van der Waals surface area contributed by atoms with Crippen molar-refractivity contribution in [3.63, 3.8) is 0 Å². The summed E-state index contributed by atoms with van der Waals surface area (Å²) in [6, 6.07) is 1.83. The second-order valence-corrected chi connectivity index (χ2v) is 5.67. The van der Waals surface area contributed by atoms with E-state index in [1.54, 1.807) is 0 Å². The number of nitrogens with zero attached hydrogens (tertiary/aromatic N) is 1. The molecule has 2 aliphatic heterocycles. The number of ether oxygens (including phenoxy) is 1. The van der Waals surface area contributed by atoms with Crippen molar-refractivity contribution in [1.29, 1.82) is 0 Å². The Hall–Kier alpha value is -1.68. The van der Waals surface area contributed by atoms with Crippen LogP contribution in [-0.2, 0) is 20.9 Å². The molecule has 1 aromatic heterocycles. The van der Waals surface area contributed by atoms with Crippen LogP contribution >= 0.6 is 11.3 Å². The molecule has 0 radical (unpaired) electrons. The molecular formula is C14H13NO4S. The third-order valence-corrected chi connectivity index (χ3v) is 4.36. The Labute approximate surface area is 120 Å². The molecule has 3 rings (SSSR count). The van der Waals surface area contributed by atoms with Crippen molar-refractivity contribution in [2.75, 3.05) is 6.61 Å². The zero-order chi connectivity index (χ0) is 14.1. The summed E-state index contributed by atoms with van der Waals surface area (Å²) in [5.74, 6) is 4.91. The number of rotatable bonds is 2. The van der Waals surface area contributed by atoms with E-state index in [1.807, 2.05) is 11.4 Å². The van der Waals surface area contributed by atoms with Crippen molar-refractivity contribution in [2.45, 2.75) is 31.6 Å². The molecule has 6 heteroatoms. The zero-order valence-corrected chi connectivity index (χ0v) is 11.5. The Kier molecular flexibility index (Phi) is 3.57. The molecule has 2 aliphatic rings. The van der Waals surface area contributed by atoms with Crippen LogP contribution in [0.1, 0.15) is 23.3 Å². The first-order valence-corrected chi connectivity index (χ1v) is 7.25. The highest BCUT2D eigenvalue weighted by atomic mass is 32.1. The number of thiophene rings is 1. The first kappa shape index (κ1) is 13.3. The molecule has 3 heterocycles. The predicted molar refractivity (Wildman–Crippen MR) is 71.7 cm³/mol. The van der Waals surface area contributed by atoms with Gasteiger partial charge in [-0.1, -0.05) is 11.8 Å². The highest BCUT2D eigenvalue weighted by molar-refractivity contribution is 7.10. The van der Waals surface area contributed by atoms with E-state index in [1.165, 1.54) is 16.2 Å². The minimum atomic E-state index is -0.468. The maximum Gasteiger partial charge on any atom is 0.258 e. The van der Waals surface area contributed by atoms with Gasteiger partial charge in [0.15, 0.2) is 0 Å². The number of aliphatic hydroxyl groups excluding tert-OH is 1. The lowest BCUT2D eigenvalue weighted by molar-refractivity contribution is -0.169. The van der Waals surface area contributed by atoms with E-state index in [0.717, 1.165) is 10.4 Å². The molecule has 20 heavy (non-hydrogen) atoms. The van der Waals surface area contributed by atoms with Crippen LogP contribution < -0.4 is 0 Å². The van der Waals surface area contributed by atoms with E-state index in [-0.39, 0.29) is 25.0 Å². The standard InChI is InChI=1S/C14H13NO4S/c16-6-1-2-9-5-7-20-12(9)8-15-13(17)10-3-4-11(19-10)14(15)18/h5,7,10-11,16H,3-4,6,8H2. The molecule has 2 saturated heterocycles. The van der Waals surface area contributed by atoms with Gasteiger partial charge in [0.05, 0.1) is 6.54 Å². The third-order valence-electron chi connectivity index (χ3n) is 3.45. The number of morpholine rings is 1. The average Bonchev–Trinajstić information content (AvgIpc) is 3.07. The van der Waals surface area contributed by atoms with Gasteiger partial charge in [0, 0.05) is 10.4 Å². The number of carbonyl (C=O) groups excluding carboxylic acids is 2. The fourth-order valence-corrected chi connectivity index (χ4v) is 3.28. The Balaban J connectivity index is 1.82. The number of imide groups is 1. The normalized spacial score (nSPS) is 24.8. The summed E-state index contributed by atoms with van der Waals surface area (Å²) >= 11 is 1.45. The maximum absolute atomic E-state index is 12.2. The molecule has 2 atom stereocenters. The smallest absolute Gasteiger partial charge is 0.258 e. The van der Waals surface area contributed by atoms with Gasteiger partial charge < -0.3 is 9.84 Å². The van der Waals surface area contributed by atoms with Crippen LogP contribution in [0.4, 0.5) is 0 Å². The van der Waals surface area contributed by atoms with Gasteiger partial charge in [0.25, 0.3) is 11.8 Å². The number of carbonyl (C=O) groups is 2. The van der Waals surface area contributed by atoms with E-state index in [9.17, 15) is 9.59 Å². The van der Waals surface area contributed by atoms with Crippen LogP contribution in [-0.4, -0.2) is 40.6 Å². The molecule has 2 fully saturated rings. The number of fused-ring (bicyclic) bond motifs is 2.